The third-order valence-electron chi connectivity index (χ3n) is 6.97. The molecule has 5 rings (SSSR count). The Hall–Kier alpha value is -4.34. The predicted octanol–water partition coefficient (Wildman–Crippen LogP) is 5.16. The number of furan rings is 1. The molecule has 1 fully saturated rings. The minimum Gasteiger partial charge on any atom is -0.476 e. The van der Waals surface area contributed by atoms with E-state index < -0.39 is 11.5 Å². The number of fused-ring (bicyclic) bond motifs is 1. The number of benzene rings is 1. The normalized spacial score (nSPS) is 15.5. The molecule has 0 aliphatic carbocycles. The summed E-state index contributed by atoms with van der Waals surface area (Å²) in [5.41, 5.74) is 2.47. The second kappa shape index (κ2) is 9.44. The van der Waals surface area contributed by atoms with Crippen LogP contribution in [0.3, 0.4) is 0 Å². The van der Waals surface area contributed by atoms with Gasteiger partial charge in [-0.2, -0.15) is 0 Å². The van der Waals surface area contributed by atoms with Gasteiger partial charge in [0, 0.05) is 36.8 Å². The van der Waals surface area contributed by atoms with Crippen LogP contribution < -0.4 is 4.90 Å². The Morgan fingerprint density at radius 2 is 1.77 bits per heavy atom. The number of carboxylic acid groups (broad SMARTS) is 1. The van der Waals surface area contributed by atoms with Crippen molar-refractivity contribution in [2.75, 3.05) is 24.5 Å². The first-order valence-electron chi connectivity index (χ1n) is 12.7. The van der Waals surface area contributed by atoms with E-state index in [4.69, 9.17) is 14.5 Å². The van der Waals surface area contributed by atoms with Crippen molar-refractivity contribution in [2.24, 2.45) is 0 Å². The molecule has 202 valence electrons. The van der Waals surface area contributed by atoms with Gasteiger partial charge in [-0.25, -0.2) is 24.1 Å². The van der Waals surface area contributed by atoms with Crippen LogP contribution in [0.25, 0.3) is 22.4 Å². The van der Waals surface area contributed by atoms with E-state index in [2.05, 4.69) is 30.7 Å². The topological polar surface area (TPSA) is 113 Å². The lowest BCUT2D eigenvalue weighted by molar-refractivity contribution is 0.0483. The molecule has 9 nitrogen and oxygen atoms in total. The number of pyridine rings is 1. The van der Waals surface area contributed by atoms with Crippen molar-refractivity contribution in [2.45, 2.75) is 45.6 Å². The Balaban J connectivity index is 1.45. The van der Waals surface area contributed by atoms with Crippen LogP contribution in [0, 0.1) is 5.82 Å². The molecule has 4 aromatic rings. The van der Waals surface area contributed by atoms with E-state index in [0.717, 1.165) is 11.1 Å². The highest BCUT2D eigenvalue weighted by molar-refractivity contribution is 5.97. The molecule has 39 heavy (non-hydrogen) atoms. The Morgan fingerprint density at radius 1 is 1.05 bits per heavy atom. The predicted molar refractivity (Wildman–Crippen MR) is 144 cm³/mol. The van der Waals surface area contributed by atoms with Crippen LogP contribution in [0.15, 0.2) is 53.2 Å². The standard InChI is InChI=1S/C29H30FN5O4/c1-28(2,3)19-12-20(17-6-8-18(30)9-7-17)33-21-13-23(39-25(19)21)26(36)35-11-10-34(16-29(35,4)5)24-15-31-22(14-32-24)27(37)38/h6-9,12-15H,10-11,16H2,1-5H3,(H,37,38). The summed E-state index contributed by atoms with van der Waals surface area (Å²) in [5, 5.41) is 9.08. The van der Waals surface area contributed by atoms with Gasteiger partial charge in [0.1, 0.15) is 17.2 Å². The number of carboxylic acids is 1. The minimum absolute atomic E-state index is 0.123. The van der Waals surface area contributed by atoms with Gasteiger partial charge in [0.25, 0.3) is 5.91 Å². The van der Waals surface area contributed by atoms with Crippen molar-refractivity contribution in [3.8, 4) is 11.3 Å². The maximum Gasteiger partial charge on any atom is 0.356 e. The van der Waals surface area contributed by atoms with Gasteiger partial charge in [-0.3, -0.25) is 4.79 Å². The van der Waals surface area contributed by atoms with Crippen LogP contribution in [-0.4, -0.2) is 62.0 Å². The van der Waals surface area contributed by atoms with E-state index >= 15 is 0 Å². The Morgan fingerprint density at radius 3 is 2.36 bits per heavy atom. The number of hydrogen-bond acceptors (Lipinski definition) is 7. The molecule has 1 aromatic carbocycles. The molecule has 1 aliphatic heterocycles. The fourth-order valence-electron chi connectivity index (χ4n) is 4.91. The molecule has 1 amide bonds. The molecule has 3 aromatic heterocycles. The maximum absolute atomic E-state index is 13.8. The van der Waals surface area contributed by atoms with E-state index in [0.29, 0.717) is 42.2 Å². The highest BCUT2D eigenvalue weighted by Crippen LogP contribution is 2.35. The minimum atomic E-state index is -1.13. The summed E-state index contributed by atoms with van der Waals surface area (Å²) in [5.74, 6) is -0.945. The SMILES string of the molecule is CC(C)(C)c1cc(-c2ccc(F)cc2)nc2cc(C(=O)N3CCN(c4cnc(C(=O)O)cn4)CC3(C)C)oc12. The molecule has 1 aliphatic rings. The number of aromatic carboxylic acids is 1. The van der Waals surface area contributed by atoms with Gasteiger partial charge in [0.15, 0.2) is 17.0 Å². The van der Waals surface area contributed by atoms with Crippen LogP contribution >= 0.6 is 0 Å². The molecule has 10 heteroatoms. The molecule has 0 saturated carbocycles. The van der Waals surface area contributed by atoms with Crippen molar-refractivity contribution in [3.63, 3.8) is 0 Å². The third kappa shape index (κ3) is 5.06. The van der Waals surface area contributed by atoms with Gasteiger partial charge in [0.2, 0.25) is 0 Å². The number of hydrogen-bond donors (Lipinski definition) is 1. The first-order chi connectivity index (χ1) is 18.3. The number of carbonyl (C=O) groups excluding carboxylic acids is 1. The van der Waals surface area contributed by atoms with Gasteiger partial charge < -0.3 is 19.3 Å². The number of nitrogens with zero attached hydrogens (tertiary/aromatic N) is 5. The summed E-state index contributed by atoms with van der Waals surface area (Å²) in [4.78, 5) is 41.6. The summed E-state index contributed by atoms with van der Waals surface area (Å²) in [7, 11) is 0. The summed E-state index contributed by atoms with van der Waals surface area (Å²) in [6.45, 7) is 11.5. The van der Waals surface area contributed by atoms with Crippen LogP contribution in [0.5, 0.6) is 0 Å². The zero-order valence-electron chi connectivity index (χ0n) is 22.5. The lowest BCUT2D eigenvalue weighted by Gasteiger charge is -2.47. The van der Waals surface area contributed by atoms with Crippen LogP contribution in [0.1, 0.15) is 61.2 Å². The quantitative estimate of drug-likeness (QED) is 0.384. The molecular formula is C29H30FN5O4. The molecular weight excluding hydrogens is 501 g/mol. The highest BCUT2D eigenvalue weighted by atomic mass is 19.1. The number of anilines is 1. The number of amides is 1. The van der Waals surface area contributed by atoms with Crippen LogP contribution in [0.4, 0.5) is 10.2 Å². The Labute approximate surface area is 225 Å². The van der Waals surface area contributed by atoms with Crippen molar-refractivity contribution in [1.82, 2.24) is 19.9 Å². The fourth-order valence-corrected chi connectivity index (χ4v) is 4.91. The highest BCUT2D eigenvalue weighted by Gasteiger charge is 2.39. The van der Waals surface area contributed by atoms with E-state index in [1.807, 2.05) is 24.8 Å². The largest absolute Gasteiger partial charge is 0.476 e. The molecule has 1 saturated heterocycles. The summed E-state index contributed by atoms with van der Waals surface area (Å²) < 4.78 is 19.7. The van der Waals surface area contributed by atoms with Gasteiger partial charge >= 0.3 is 5.97 Å². The van der Waals surface area contributed by atoms with Crippen molar-refractivity contribution >= 4 is 28.8 Å². The molecule has 4 heterocycles. The van der Waals surface area contributed by atoms with Crippen molar-refractivity contribution < 1.29 is 23.5 Å². The van der Waals surface area contributed by atoms with Gasteiger partial charge in [-0.15, -0.1) is 0 Å². The molecule has 0 bridgehead atoms. The van der Waals surface area contributed by atoms with Crippen LogP contribution in [0.2, 0.25) is 0 Å². The van der Waals surface area contributed by atoms with Crippen molar-refractivity contribution in [3.05, 3.63) is 71.6 Å². The second-order valence-corrected chi connectivity index (χ2v) is 11.4. The molecule has 0 spiro atoms. The molecule has 0 atom stereocenters. The smallest absolute Gasteiger partial charge is 0.356 e. The van der Waals surface area contributed by atoms with Crippen LogP contribution in [-0.2, 0) is 5.41 Å². The summed E-state index contributed by atoms with van der Waals surface area (Å²) >= 11 is 0. The number of aromatic nitrogens is 3. The number of halogens is 1. The second-order valence-electron chi connectivity index (χ2n) is 11.4. The maximum atomic E-state index is 13.8. The zero-order chi connectivity index (χ0) is 28.1. The van der Waals surface area contributed by atoms with Gasteiger partial charge in [-0.1, -0.05) is 20.8 Å². The first kappa shape index (κ1) is 26.3. The molecule has 1 N–H and O–H groups in total. The zero-order valence-corrected chi connectivity index (χ0v) is 22.5. The van der Waals surface area contributed by atoms with E-state index in [9.17, 15) is 14.0 Å². The first-order valence-corrected chi connectivity index (χ1v) is 12.7. The average molecular weight is 532 g/mol. The molecule has 0 unspecified atom stereocenters. The Bertz CT molecular complexity index is 1560. The lowest BCUT2D eigenvalue weighted by Crippen LogP contribution is -2.61. The number of rotatable bonds is 4. The number of piperazine rings is 1. The van der Waals surface area contributed by atoms with Crippen molar-refractivity contribution in [1.29, 1.82) is 0 Å². The molecule has 0 radical (unpaired) electrons. The van der Waals surface area contributed by atoms with Gasteiger partial charge in [0.05, 0.1) is 23.6 Å². The summed E-state index contributed by atoms with van der Waals surface area (Å²) in [6.07, 6.45) is 2.67. The van der Waals surface area contributed by atoms with Gasteiger partial charge in [-0.05, 0) is 49.6 Å². The number of carbonyl (C=O) groups is 2. The van der Waals surface area contributed by atoms with E-state index in [1.165, 1.54) is 24.5 Å². The lowest BCUT2D eigenvalue weighted by atomic mass is 9.86. The Kier molecular flexibility index (Phi) is 6.36. The average Bonchev–Trinajstić information content (AvgIpc) is 3.31. The monoisotopic (exact) mass is 531 g/mol. The fraction of sp³-hybridized carbons (Fsp3) is 0.345. The summed E-state index contributed by atoms with van der Waals surface area (Å²) in [6, 6.07) is 9.78. The van der Waals surface area contributed by atoms with E-state index in [-0.39, 0.29) is 28.6 Å². The van der Waals surface area contributed by atoms with E-state index in [1.54, 1.807) is 23.1 Å². The third-order valence-corrected chi connectivity index (χ3v) is 6.97.